The van der Waals surface area contributed by atoms with Crippen molar-refractivity contribution < 1.29 is 4.42 Å². The lowest BCUT2D eigenvalue weighted by molar-refractivity contribution is 0.528. The molecule has 3 rings (SSSR count). The molecule has 0 radical (unpaired) electrons. The van der Waals surface area contributed by atoms with Crippen molar-refractivity contribution >= 4 is 6.01 Å². The van der Waals surface area contributed by atoms with E-state index in [1.54, 1.807) is 6.26 Å². The van der Waals surface area contributed by atoms with Gasteiger partial charge in [0.05, 0.1) is 5.69 Å². The predicted molar refractivity (Wildman–Crippen MR) is 67.0 cm³/mol. The van der Waals surface area contributed by atoms with Crippen molar-refractivity contribution in [3.63, 3.8) is 0 Å². The van der Waals surface area contributed by atoms with Gasteiger partial charge in [-0.15, -0.1) is 0 Å². The Kier molecular flexibility index (Phi) is 3.05. The van der Waals surface area contributed by atoms with Crippen molar-refractivity contribution in [2.75, 3.05) is 18.0 Å². The molecule has 4 nitrogen and oxygen atoms in total. The molecule has 0 unspecified atom stereocenters. The highest BCUT2D eigenvalue weighted by Crippen LogP contribution is 2.31. The Morgan fingerprint density at radius 3 is 2.88 bits per heavy atom. The third-order valence-corrected chi connectivity index (χ3v) is 3.52. The van der Waals surface area contributed by atoms with Gasteiger partial charge in [-0.25, -0.2) is 0 Å². The minimum Gasteiger partial charge on any atom is -0.432 e. The van der Waals surface area contributed by atoms with E-state index in [1.165, 1.54) is 25.7 Å². The molecule has 0 amide bonds. The van der Waals surface area contributed by atoms with E-state index >= 15 is 0 Å². The van der Waals surface area contributed by atoms with Gasteiger partial charge in [0.25, 0.3) is 6.01 Å². The fraction of sp³-hybridized carbons (Fsp3) is 0.769. The maximum atomic E-state index is 5.57. The number of oxazole rings is 1. The summed E-state index contributed by atoms with van der Waals surface area (Å²) in [5.41, 5.74) is 1.03. The molecule has 2 fully saturated rings. The van der Waals surface area contributed by atoms with Gasteiger partial charge in [-0.2, -0.15) is 4.98 Å². The van der Waals surface area contributed by atoms with Crippen LogP contribution in [0, 0.1) is 5.92 Å². The number of nitrogens with one attached hydrogen (secondary N) is 1. The molecule has 0 atom stereocenters. The number of aromatic nitrogens is 1. The van der Waals surface area contributed by atoms with Gasteiger partial charge in [-0.3, -0.25) is 0 Å². The molecular weight excluding hydrogens is 214 g/mol. The monoisotopic (exact) mass is 235 g/mol. The maximum absolute atomic E-state index is 5.57. The Morgan fingerprint density at radius 1 is 1.41 bits per heavy atom. The average Bonchev–Trinajstić information content (AvgIpc) is 3.25. The van der Waals surface area contributed by atoms with Crippen LogP contribution >= 0.6 is 0 Å². The summed E-state index contributed by atoms with van der Waals surface area (Å²) in [5.74, 6) is 0.870. The second-order valence-electron chi connectivity index (χ2n) is 5.26. The summed E-state index contributed by atoms with van der Waals surface area (Å²) in [6.45, 7) is 5.09. The molecule has 0 bridgehead atoms. The fourth-order valence-corrected chi connectivity index (χ4v) is 2.01. The smallest absolute Gasteiger partial charge is 0.297 e. The summed E-state index contributed by atoms with van der Waals surface area (Å²) < 4.78 is 5.57. The Labute approximate surface area is 102 Å². The fourth-order valence-electron chi connectivity index (χ4n) is 2.01. The van der Waals surface area contributed by atoms with Crippen LogP contribution in [0.3, 0.4) is 0 Å². The van der Waals surface area contributed by atoms with Crippen LogP contribution in [-0.2, 0) is 6.54 Å². The second-order valence-corrected chi connectivity index (χ2v) is 5.26. The van der Waals surface area contributed by atoms with Crippen LogP contribution in [0.4, 0.5) is 6.01 Å². The molecule has 4 heteroatoms. The van der Waals surface area contributed by atoms with Crippen molar-refractivity contribution in [3.05, 3.63) is 12.0 Å². The molecule has 0 aromatic carbocycles. The Bertz CT molecular complexity index is 368. The van der Waals surface area contributed by atoms with E-state index in [1.807, 2.05) is 0 Å². The summed E-state index contributed by atoms with van der Waals surface area (Å²) >= 11 is 0. The number of nitrogens with zero attached hydrogens (tertiary/aromatic N) is 2. The standard InChI is InChI=1S/C13H21N3O/c1-2-16(8-10-3-4-10)13-15-12(9-17-13)7-14-11-5-6-11/h9-11,14H,2-8H2,1H3. The largest absolute Gasteiger partial charge is 0.432 e. The molecule has 1 N–H and O–H groups in total. The predicted octanol–water partition coefficient (Wildman–Crippen LogP) is 2.16. The highest BCUT2D eigenvalue weighted by atomic mass is 16.4. The summed E-state index contributed by atoms with van der Waals surface area (Å²) in [6.07, 6.45) is 7.15. The van der Waals surface area contributed by atoms with Gasteiger partial charge < -0.3 is 14.6 Å². The van der Waals surface area contributed by atoms with Crippen LogP contribution < -0.4 is 10.2 Å². The summed E-state index contributed by atoms with van der Waals surface area (Å²) in [6, 6.07) is 1.52. The van der Waals surface area contributed by atoms with Gasteiger partial charge in [0.2, 0.25) is 0 Å². The lowest BCUT2D eigenvalue weighted by atomic mass is 10.4. The highest BCUT2D eigenvalue weighted by molar-refractivity contribution is 5.27. The van der Waals surface area contributed by atoms with E-state index in [4.69, 9.17) is 4.42 Å². The van der Waals surface area contributed by atoms with E-state index in [0.717, 1.165) is 43.3 Å². The van der Waals surface area contributed by atoms with Crippen LogP contribution in [0.1, 0.15) is 38.3 Å². The number of hydrogen-bond donors (Lipinski definition) is 1. The molecule has 2 aliphatic carbocycles. The first kappa shape index (κ1) is 11.1. The van der Waals surface area contributed by atoms with Crippen LogP contribution in [0.15, 0.2) is 10.7 Å². The van der Waals surface area contributed by atoms with E-state index in [-0.39, 0.29) is 0 Å². The van der Waals surface area contributed by atoms with Crippen molar-refractivity contribution in [3.8, 4) is 0 Å². The molecule has 2 aliphatic rings. The van der Waals surface area contributed by atoms with Crippen molar-refractivity contribution in [2.45, 2.75) is 45.2 Å². The number of hydrogen-bond acceptors (Lipinski definition) is 4. The minimum absolute atomic E-state index is 0.726. The van der Waals surface area contributed by atoms with Gasteiger partial charge in [-0.05, 0) is 38.5 Å². The third-order valence-electron chi connectivity index (χ3n) is 3.52. The lowest BCUT2D eigenvalue weighted by Gasteiger charge is -2.17. The van der Waals surface area contributed by atoms with Gasteiger partial charge >= 0.3 is 0 Å². The van der Waals surface area contributed by atoms with Crippen molar-refractivity contribution in [1.82, 2.24) is 10.3 Å². The second kappa shape index (κ2) is 4.69. The van der Waals surface area contributed by atoms with Crippen molar-refractivity contribution in [2.24, 2.45) is 5.92 Å². The molecule has 0 saturated heterocycles. The maximum Gasteiger partial charge on any atom is 0.297 e. The molecular formula is C13H21N3O. The first-order valence-corrected chi connectivity index (χ1v) is 6.78. The first-order valence-electron chi connectivity index (χ1n) is 6.78. The van der Waals surface area contributed by atoms with Gasteiger partial charge in [0.15, 0.2) is 0 Å². The lowest BCUT2D eigenvalue weighted by Crippen LogP contribution is -2.25. The zero-order chi connectivity index (χ0) is 11.7. The topological polar surface area (TPSA) is 41.3 Å². The van der Waals surface area contributed by atoms with E-state index in [9.17, 15) is 0 Å². The molecule has 1 aromatic rings. The Hall–Kier alpha value is -1.03. The SMILES string of the molecule is CCN(CC1CC1)c1nc(CNC2CC2)co1. The van der Waals surface area contributed by atoms with Crippen LogP contribution in [0.2, 0.25) is 0 Å². The normalized spacial score (nSPS) is 19.6. The third kappa shape index (κ3) is 3.00. The van der Waals surface area contributed by atoms with Crippen molar-refractivity contribution in [1.29, 1.82) is 0 Å². The summed E-state index contributed by atoms with van der Waals surface area (Å²) in [4.78, 5) is 6.81. The van der Waals surface area contributed by atoms with Gasteiger partial charge in [0, 0.05) is 25.7 Å². The van der Waals surface area contributed by atoms with Gasteiger partial charge in [-0.1, -0.05) is 0 Å². The van der Waals surface area contributed by atoms with Crippen LogP contribution in [0.25, 0.3) is 0 Å². The van der Waals surface area contributed by atoms with Gasteiger partial charge in [0.1, 0.15) is 6.26 Å². The Morgan fingerprint density at radius 2 is 2.24 bits per heavy atom. The average molecular weight is 235 g/mol. The quantitative estimate of drug-likeness (QED) is 0.786. The van der Waals surface area contributed by atoms with E-state index in [2.05, 4.69) is 22.1 Å². The molecule has 1 heterocycles. The first-order chi connectivity index (χ1) is 8.35. The number of anilines is 1. The molecule has 0 spiro atoms. The summed E-state index contributed by atoms with van der Waals surface area (Å²) in [5, 5.41) is 3.46. The van der Waals surface area contributed by atoms with Crippen LogP contribution in [-0.4, -0.2) is 24.1 Å². The molecule has 2 saturated carbocycles. The zero-order valence-corrected chi connectivity index (χ0v) is 10.5. The minimum atomic E-state index is 0.726. The molecule has 17 heavy (non-hydrogen) atoms. The molecule has 0 aliphatic heterocycles. The van der Waals surface area contributed by atoms with Crippen LogP contribution in [0.5, 0.6) is 0 Å². The molecule has 1 aromatic heterocycles. The van der Waals surface area contributed by atoms with E-state index < -0.39 is 0 Å². The highest BCUT2D eigenvalue weighted by Gasteiger charge is 2.26. The number of rotatable bonds is 7. The van der Waals surface area contributed by atoms with E-state index in [0.29, 0.717) is 0 Å². The summed E-state index contributed by atoms with van der Waals surface area (Å²) in [7, 11) is 0. The molecule has 94 valence electrons. The Balaban J connectivity index is 1.56. The zero-order valence-electron chi connectivity index (χ0n) is 10.5.